The second kappa shape index (κ2) is 7.27. The Hall–Kier alpha value is -1.81. The second-order valence-corrected chi connectivity index (χ2v) is 5.06. The zero-order valence-corrected chi connectivity index (χ0v) is 13.2. The van der Waals surface area contributed by atoms with Crippen LogP contribution >= 0.6 is 0 Å². The molecule has 2 rings (SSSR count). The molecule has 2 aromatic rings. The number of fused-ring (bicyclic) bond motifs is 1. The van der Waals surface area contributed by atoms with Crippen LogP contribution in [0.3, 0.4) is 0 Å². The smallest absolute Gasteiger partial charge is 0.217 e. The SMILES string of the molecule is CCC(C)c1cccc2c(OC)cc(OCCOC)nc12. The molecule has 0 bridgehead atoms. The third-order valence-electron chi connectivity index (χ3n) is 3.71. The van der Waals surface area contributed by atoms with Gasteiger partial charge < -0.3 is 14.2 Å². The number of rotatable bonds is 7. The molecule has 1 atom stereocenters. The Morgan fingerprint density at radius 3 is 2.67 bits per heavy atom. The molecule has 0 fully saturated rings. The first kappa shape index (κ1) is 15.6. The van der Waals surface area contributed by atoms with Crippen LogP contribution in [0.15, 0.2) is 24.3 Å². The van der Waals surface area contributed by atoms with E-state index < -0.39 is 0 Å². The van der Waals surface area contributed by atoms with E-state index in [9.17, 15) is 0 Å². The molecule has 0 aliphatic carbocycles. The number of hydrogen-bond acceptors (Lipinski definition) is 4. The maximum atomic E-state index is 5.65. The highest BCUT2D eigenvalue weighted by atomic mass is 16.5. The number of ether oxygens (including phenoxy) is 3. The van der Waals surface area contributed by atoms with Gasteiger partial charge in [-0.25, -0.2) is 4.98 Å². The average Bonchev–Trinajstić information content (AvgIpc) is 2.53. The number of hydrogen-bond donors (Lipinski definition) is 0. The van der Waals surface area contributed by atoms with E-state index in [1.54, 1.807) is 14.2 Å². The molecule has 4 nitrogen and oxygen atoms in total. The van der Waals surface area contributed by atoms with Crippen molar-refractivity contribution in [3.63, 3.8) is 0 Å². The lowest BCUT2D eigenvalue weighted by molar-refractivity contribution is 0.144. The van der Waals surface area contributed by atoms with Gasteiger partial charge in [-0.05, 0) is 24.0 Å². The zero-order chi connectivity index (χ0) is 15.2. The molecule has 0 aliphatic heterocycles. The van der Waals surface area contributed by atoms with Crippen molar-refractivity contribution in [2.75, 3.05) is 27.4 Å². The van der Waals surface area contributed by atoms with E-state index in [2.05, 4.69) is 31.0 Å². The monoisotopic (exact) mass is 289 g/mol. The highest BCUT2D eigenvalue weighted by molar-refractivity contribution is 5.88. The molecule has 0 N–H and O–H groups in total. The number of pyridine rings is 1. The van der Waals surface area contributed by atoms with Crippen molar-refractivity contribution in [3.8, 4) is 11.6 Å². The maximum Gasteiger partial charge on any atom is 0.217 e. The molecule has 0 radical (unpaired) electrons. The van der Waals surface area contributed by atoms with Gasteiger partial charge in [0, 0.05) is 18.6 Å². The fourth-order valence-electron chi connectivity index (χ4n) is 2.31. The number of methoxy groups -OCH3 is 2. The molecule has 0 saturated carbocycles. The predicted octanol–water partition coefficient (Wildman–Crippen LogP) is 3.78. The van der Waals surface area contributed by atoms with Crippen LogP contribution in [0.4, 0.5) is 0 Å². The van der Waals surface area contributed by atoms with Crippen molar-refractivity contribution in [1.29, 1.82) is 0 Å². The van der Waals surface area contributed by atoms with Gasteiger partial charge in [-0.1, -0.05) is 26.0 Å². The Balaban J connectivity index is 2.49. The summed E-state index contributed by atoms with van der Waals surface area (Å²) in [6, 6.07) is 8.05. The van der Waals surface area contributed by atoms with E-state index in [-0.39, 0.29) is 0 Å². The highest BCUT2D eigenvalue weighted by Gasteiger charge is 2.13. The third-order valence-corrected chi connectivity index (χ3v) is 3.71. The van der Waals surface area contributed by atoms with Gasteiger partial charge in [0.2, 0.25) is 5.88 Å². The van der Waals surface area contributed by atoms with Crippen LogP contribution in [-0.2, 0) is 4.74 Å². The minimum atomic E-state index is 0.445. The first-order valence-corrected chi connectivity index (χ1v) is 7.30. The van der Waals surface area contributed by atoms with Gasteiger partial charge >= 0.3 is 0 Å². The van der Waals surface area contributed by atoms with Crippen molar-refractivity contribution in [3.05, 3.63) is 29.8 Å². The molecule has 21 heavy (non-hydrogen) atoms. The summed E-state index contributed by atoms with van der Waals surface area (Å²) in [7, 11) is 3.32. The number of nitrogens with zero attached hydrogens (tertiary/aromatic N) is 1. The normalized spacial score (nSPS) is 12.4. The molecule has 1 aromatic carbocycles. The van der Waals surface area contributed by atoms with Crippen LogP contribution in [-0.4, -0.2) is 32.4 Å². The van der Waals surface area contributed by atoms with E-state index >= 15 is 0 Å². The molecule has 0 aliphatic rings. The minimum absolute atomic E-state index is 0.445. The summed E-state index contributed by atoms with van der Waals surface area (Å²) < 4.78 is 16.1. The summed E-state index contributed by atoms with van der Waals surface area (Å²) in [5, 5.41) is 1.02. The van der Waals surface area contributed by atoms with Crippen molar-refractivity contribution < 1.29 is 14.2 Å². The Morgan fingerprint density at radius 2 is 2.00 bits per heavy atom. The number of para-hydroxylation sites is 1. The van der Waals surface area contributed by atoms with E-state index in [4.69, 9.17) is 14.2 Å². The molecule has 1 unspecified atom stereocenters. The predicted molar refractivity (Wildman–Crippen MR) is 84.4 cm³/mol. The van der Waals surface area contributed by atoms with Crippen molar-refractivity contribution in [2.24, 2.45) is 0 Å². The van der Waals surface area contributed by atoms with Gasteiger partial charge in [0.15, 0.2) is 0 Å². The average molecular weight is 289 g/mol. The zero-order valence-electron chi connectivity index (χ0n) is 13.2. The van der Waals surface area contributed by atoms with Crippen LogP contribution in [0.2, 0.25) is 0 Å². The van der Waals surface area contributed by atoms with Gasteiger partial charge in [0.1, 0.15) is 12.4 Å². The Labute approximate surface area is 126 Å². The molecular weight excluding hydrogens is 266 g/mol. The molecule has 0 spiro atoms. The summed E-state index contributed by atoms with van der Waals surface area (Å²) in [5.41, 5.74) is 2.18. The van der Waals surface area contributed by atoms with Gasteiger partial charge in [-0.15, -0.1) is 0 Å². The van der Waals surface area contributed by atoms with Gasteiger partial charge in [0.25, 0.3) is 0 Å². The lowest BCUT2D eigenvalue weighted by Gasteiger charge is -2.15. The fraction of sp³-hybridized carbons (Fsp3) is 0.471. The van der Waals surface area contributed by atoms with E-state index in [0.29, 0.717) is 25.0 Å². The van der Waals surface area contributed by atoms with Crippen LogP contribution in [0.5, 0.6) is 11.6 Å². The quantitative estimate of drug-likeness (QED) is 0.727. The lowest BCUT2D eigenvalue weighted by atomic mass is 9.96. The summed E-state index contributed by atoms with van der Waals surface area (Å²) in [5.74, 6) is 1.81. The van der Waals surface area contributed by atoms with Crippen molar-refractivity contribution >= 4 is 10.9 Å². The number of benzene rings is 1. The summed E-state index contributed by atoms with van der Waals surface area (Å²) in [6.45, 7) is 5.40. The van der Waals surface area contributed by atoms with Gasteiger partial charge in [-0.2, -0.15) is 0 Å². The van der Waals surface area contributed by atoms with Gasteiger partial charge in [-0.3, -0.25) is 0 Å². The standard InChI is InChI=1S/C17H23NO3/c1-5-12(2)13-7-6-8-14-15(20-4)11-16(18-17(13)14)21-10-9-19-3/h6-8,11-12H,5,9-10H2,1-4H3. The topological polar surface area (TPSA) is 40.6 Å². The first-order valence-electron chi connectivity index (χ1n) is 7.30. The number of aromatic nitrogens is 1. The van der Waals surface area contributed by atoms with Crippen LogP contribution in [0, 0.1) is 0 Å². The lowest BCUT2D eigenvalue weighted by Crippen LogP contribution is -2.06. The van der Waals surface area contributed by atoms with E-state index in [0.717, 1.165) is 23.1 Å². The Morgan fingerprint density at radius 1 is 1.19 bits per heavy atom. The van der Waals surface area contributed by atoms with E-state index in [1.807, 2.05) is 12.1 Å². The Bertz CT molecular complexity index is 598. The van der Waals surface area contributed by atoms with Crippen molar-refractivity contribution in [2.45, 2.75) is 26.2 Å². The van der Waals surface area contributed by atoms with Crippen LogP contribution < -0.4 is 9.47 Å². The second-order valence-electron chi connectivity index (χ2n) is 5.06. The molecule has 1 aromatic heterocycles. The molecule has 114 valence electrons. The van der Waals surface area contributed by atoms with Crippen LogP contribution in [0.25, 0.3) is 10.9 Å². The molecule has 0 amide bonds. The third kappa shape index (κ3) is 3.45. The summed E-state index contributed by atoms with van der Waals surface area (Å²) >= 11 is 0. The summed E-state index contributed by atoms with van der Waals surface area (Å²) in [6.07, 6.45) is 1.07. The minimum Gasteiger partial charge on any atom is -0.496 e. The van der Waals surface area contributed by atoms with E-state index in [1.165, 1.54) is 5.56 Å². The van der Waals surface area contributed by atoms with Crippen LogP contribution in [0.1, 0.15) is 31.7 Å². The molecule has 0 saturated heterocycles. The summed E-state index contributed by atoms with van der Waals surface area (Å²) in [4.78, 5) is 4.67. The molecule has 1 heterocycles. The highest BCUT2D eigenvalue weighted by Crippen LogP contribution is 2.33. The van der Waals surface area contributed by atoms with Gasteiger partial charge in [0.05, 0.1) is 19.2 Å². The fourth-order valence-corrected chi connectivity index (χ4v) is 2.31. The largest absolute Gasteiger partial charge is 0.496 e. The molecular formula is C17H23NO3. The molecule has 4 heteroatoms. The maximum absolute atomic E-state index is 5.65. The van der Waals surface area contributed by atoms with Crippen molar-refractivity contribution in [1.82, 2.24) is 4.98 Å². The Kier molecular flexibility index (Phi) is 5.39. The first-order chi connectivity index (χ1) is 10.2.